The van der Waals surface area contributed by atoms with Crippen LogP contribution < -0.4 is 0 Å². The lowest BCUT2D eigenvalue weighted by molar-refractivity contribution is -0.130. The SMILES string of the molecule is N#Cc1cccc(C(=O)N2CCCN(C(=O)Cc3cccc(F)c3)CC2)c1. The summed E-state index contributed by atoms with van der Waals surface area (Å²) in [5, 5.41) is 8.99. The van der Waals surface area contributed by atoms with Gasteiger partial charge in [0.15, 0.2) is 0 Å². The molecule has 1 fully saturated rings. The zero-order chi connectivity index (χ0) is 19.2. The molecule has 3 rings (SSSR count). The minimum Gasteiger partial charge on any atom is -0.341 e. The first-order valence-corrected chi connectivity index (χ1v) is 8.88. The third-order valence-electron chi connectivity index (χ3n) is 4.62. The highest BCUT2D eigenvalue weighted by molar-refractivity contribution is 5.94. The minimum absolute atomic E-state index is 0.0682. The molecule has 0 N–H and O–H groups in total. The van der Waals surface area contributed by atoms with E-state index < -0.39 is 0 Å². The van der Waals surface area contributed by atoms with Crippen molar-refractivity contribution in [3.63, 3.8) is 0 Å². The van der Waals surface area contributed by atoms with Crippen LogP contribution in [0.4, 0.5) is 4.39 Å². The molecule has 2 amide bonds. The van der Waals surface area contributed by atoms with E-state index in [2.05, 4.69) is 0 Å². The highest BCUT2D eigenvalue weighted by Gasteiger charge is 2.23. The number of benzene rings is 2. The number of halogens is 1. The first kappa shape index (κ1) is 18.6. The van der Waals surface area contributed by atoms with E-state index in [1.54, 1.807) is 46.2 Å². The number of hydrogen-bond acceptors (Lipinski definition) is 3. The molecule has 1 heterocycles. The molecule has 5 nitrogen and oxygen atoms in total. The maximum Gasteiger partial charge on any atom is 0.253 e. The van der Waals surface area contributed by atoms with Crippen LogP contribution in [0.2, 0.25) is 0 Å². The van der Waals surface area contributed by atoms with Crippen molar-refractivity contribution in [2.24, 2.45) is 0 Å². The summed E-state index contributed by atoms with van der Waals surface area (Å²) in [7, 11) is 0. The van der Waals surface area contributed by atoms with Crippen molar-refractivity contribution in [3.8, 4) is 6.07 Å². The van der Waals surface area contributed by atoms with Crippen LogP contribution in [0.3, 0.4) is 0 Å². The Morgan fingerprint density at radius 1 is 1.00 bits per heavy atom. The maximum atomic E-state index is 13.3. The Morgan fingerprint density at radius 2 is 1.74 bits per heavy atom. The molecule has 0 aromatic heterocycles. The molecule has 0 atom stereocenters. The lowest BCUT2D eigenvalue weighted by atomic mass is 10.1. The average molecular weight is 365 g/mol. The summed E-state index contributed by atoms with van der Waals surface area (Å²) in [6, 6.07) is 14.7. The Bertz CT molecular complexity index is 891. The van der Waals surface area contributed by atoms with Gasteiger partial charge in [0.05, 0.1) is 18.1 Å². The second kappa shape index (κ2) is 8.45. The van der Waals surface area contributed by atoms with Crippen LogP contribution in [0.1, 0.15) is 27.9 Å². The van der Waals surface area contributed by atoms with Gasteiger partial charge >= 0.3 is 0 Å². The van der Waals surface area contributed by atoms with E-state index in [1.807, 2.05) is 6.07 Å². The lowest BCUT2D eigenvalue weighted by Gasteiger charge is -2.22. The molecule has 1 saturated heterocycles. The van der Waals surface area contributed by atoms with Crippen LogP contribution in [0.5, 0.6) is 0 Å². The normalized spacial score (nSPS) is 14.4. The van der Waals surface area contributed by atoms with E-state index in [0.717, 1.165) is 0 Å². The minimum atomic E-state index is -0.354. The molecule has 2 aromatic carbocycles. The summed E-state index contributed by atoms with van der Waals surface area (Å²) >= 11 is 0. The predicted molar refractivity (Wildman–Crippen MR) is 98.4 cm³/mol. The van der Waals surface area contributed by atoms with E-state index in [0.29, 0.717) is 49.3 Å². The zero-order valence-corrected chi connectivity index (χ0v) is 14.9. The Morgan fingerprint density at radius 3 is 2.52 bits per heavy atom. The molecule has 27 heavy (non-hydrogen) atoms. The molecule has 0 bridgehead atoms. The number of nitriles is 1. The van der Waals surface area contributed by atoms with Crippen molar-refractivity contribution in [3.05, 3.63) is 71.0 Å². The molecule has 6 heteroatoms. The van der Waals surface area contributed by atoms with Gasteiger partial charge in [0.25, 0.3) is 5.91 Å². The fourth-order valence-electron chi connectivity index (χ4n) is 3.21. The standard InChI is InChI=1S/C21H20FN3O2/c22-19-7-2-4-16(13-19)14-20(26)24-8-3-9-25(11-10-24)21(27)18-6-1-5-17(12-18)15-23/h1-2,4-7,12-13H,3,8-11,14H2. The average Bonchev–Trinajstić information content (AvgIpc) is 2.94. The first-order valence-electron chi connectivity index (χ1n) is 8.88. The summed E-state index contributed by atoms with van der Waals surface area (Å²) in [5.41, 5.74) is 1.57. The number of rotatable bonds is 3. The maximum absolute atomic E-state index is 13.3. The fraction of sp³-hybridized carbons (Fsp3) is 0.286. The van der Waals surface area contributed by atoms with Gasteiger partial charge in [-0.25, -0.2) is 4.39 Å². The molecule has 1 aliphatic rings. The summed E-state index contributed by atoms with van der Waals surface area (Å²) in [6.45, 7) is 2.00. The smallest absolute Gasteiger partial charge is 0.253 e. The molecule has 1 aliphatic heterocycles. The molecule has 0 aliphatic carbocycles. The van der Waals surface area contributed by atoms with Crippen molar-refractivity contribution >= 4 is 11.8 Å². The Kier molecular flexibility index (Phi) is 5.82. The van der Waals surface area contributed by atoms with Crippen molar-refractivity contribution in [1.82, 2.24) is 9.80 Å². The Labute approximate surface area is 157 Å². The summed E-state index contributed by atoms with van der Waals surface area (Å²) in [4.78, 5) is 28.7. The van der Waals surface area contributed by atoms with Crippen molar-refractivity contribution < 1.29 is 14.0 Å². The van der Waals surface area contributed by atoms with Crippen LogP contribution >= 0.6 is 0 Å². The van der Waals surface area contributed by atoms with E-state index in [-0.39, 0.29) is 24.1 Å². The van der Waals surface area contributed by atoms with Gasteiger partial charge in [-0.15, -0.1) is 0 Å². The third-order valence-corrected chi connectivity index (χ3v) is 4.62. The van der Waals surface area contributed by atoms with Crippen LogP contribution in [-0.4, -0.2) is 47.8 Å². The van der Waals surface area contributed by atoms with Crippen molar-refractivity contribution in [1.29, 1.82) is 5.26 Å². The van der Waals surface area contributed by atoms with Crippen molar-refractivity contribution in [2.75, 3.05) is 26.2 Å². The molecular formula is C21H20FN3O2. The van der Waals surface area contributed by atoms with Crippen LogP contribution in [0, 0.1) is 17.1 Å². The molecule has 0 spiro atoms. The fourth-order valence-corrected chi connectivity index (χ4v) is 3.21. The summed E-state index contributed by atoms with van der Waals surface area (Å²) < 4.78 is 13.3. The molecule has 0 saturated carbocycles. The van der Waals surface area contributed by atoms with Crippen LogP contribution in [0.25, 0.3) is 0 Å². The highest BCUT2D eigenvalue weighted by Crippen LogP contribution is 2.13. The van der Waals surface area contributed by atoms with Crippen molar-refractivity contribution in [2.45, 2.75) is 12.8 Å². The number of nitrogens with zero attached hydrogens (tertiary/aromatic N) is 3. The number of amides is 2. The number of carbonyl (C=O) groups excluding carboxylic acids is 2. The van der Waals surface area contributed by atoms with E-state index >= 15 is 0 Å². The topological polar surface area (TPSA) is 64.4 Å². The number of carbonyl (C=O) groups is 2. The molecule has 2 aromatic rings. The van der Waals surface area contributed by atoms with E-state index in [1.165, 1.54) is 12.1 Å². The Balaban J connectivity index is 1.62. The van der Waals surface area contributed by atoms with Gasteiger partial charge in [0.2, 0.25) is 5.91 Å². The third kappa shape index (κ3) is 4.70. The number of hydrogen-bond donors (Lipinski definition) is 0. The van der Waals surface area contributed by atoms with Gasteiger partial charge in [0.1, 0.15) is 5.82 Å². The Hall–Kier alpha value is -3.20. The summed E-state index contributed by atoms with van der Waals surface area (Å²) in [5.74, 6) is -0.555. The predicted octanol–water partition coefficient (Wildman–Crippen LogP) is 2.61. The molecule has 0 radical (unpaired) electrons. The quantitative estimate of drug-likeness (QED) is 0.840. The van der Waals surface area contributed by atoms with E-state index in [4.69, 9.17) is 5.26 Å². The monoisotopic (exact) mass is 365 g/mol. The largest absolute Gasteiger partial charge is 0.341 e. The van der Waals surface area contributed by atoms with Gasteiger partial charge in [-0.3, -0.25) is 9.59 Å². The van der Waals surface area contributed by atoms with E-state index in [9.17, 15) is 14.0 Å². The molecule has 0 unspecified atom stereocenters. The van der Waals surface area contributed by atoms with Gasteiger partial charge in [0, 0.05) is 31.7 Å². The lowest BCUT2D eigenvalue weighted by Crippen LogP contribution is -2.38. The molecule has 138 valence electrons. The second-order valence-corrected chi connectivity index (χ2v) is 6.53. The molecular weight excluding hydrogens is 345 g/mol. The van der Waals surface area contributed by atoms with Gasteiger partial charge in [-0.2, -0.15) is 5.26 Å². The second-order valence-electron chi connectivity index (χ2n) is 6.53. The zero-order valence-electron chi connectivity index (χ0n) is 14.9. The van der Waals surface area contributed by atoms with Crippen LogP contribution in [-0.2, 0) is 11.2 Å². The van der Waals surface area contributed by atoms with Crippen LogP contribution in [0.15, 0.2) is 48.5 Å². The highest BCUT2D eigenvalue weighted by atomic mass is 19.1. The van der Waals surface area contributed by atoms with Gasteiger partial charge in [-0.1, -0.05) is 18.2 Å². The summed E-state index contributed by atoms with van der Waals surface area (Å²) in [6.07, 6.45) is 0.828. The van der Waals surface area contributed by atoms with Gasteiger partial charge in [-0.05, 0) is 42.3 Å². The first-order chi connectivity index (χ1) is 13.1. The van der Waals surface area contributed by atoms with Gasteiger partial charge < -0.3 is 9.80 Å².